The molecule has 9 heteroatoms. The normalized spacial score (nSPS) is 11.1. The summed E-state index contributed by atoms with van der Waals surface area (Å²) < 4.78 is 8.09. The van der Waals surface area contributed by atoms with Gasteiger partial charge in [0.1, 0.15) is 12.4 Å². The number of amides is 1. The molecule has 0 saturated heterocycles. The number of rotatable bonds is 9. The van der Waals surface area contributed by atoms with Crippen molar-refractivity contribution < 1.29 is 9.53 Å². The molecule has 0 atom stereocenters. The zero-order valence-electron chi connectivity index (χ0n) is 20.0. The summed E-state index contributed by atoms with van der Waals surface area (Å²) in [5, 5.41) is 17.1. The third kappa shape index (κ3) is 5.27. The second-order valence-corrected chi connectivity index (χ2v) is 9.88. The Kier molecular flexibility index (Phi) is 7.29. The quantitative estimate of drug-likeness (QED) is 0.236. The second kappa shape index (κ2) is 10.9. The summed E-state index contributed by atoms with van der Waals surface area (Å²) in [5.41, 5.74) is 2.97. The summed E-state index contributed by atoms with van der Waals surface area (Å²) in [5.74, 6) is 1.62. The van der Waals surface area contributed by atoms with Crippen molar-refractivity contribution in [3.63, 3.8) is 0 Å². The summed E-state index contributed by atoms with van der Waals surface area (Å²) >= 11 is 2.76. The maximum Gasteiger partial charge on any atom is 0.236 e. The SMILES string of the molecule is CCn1c(COc2ccc3ccccc3c2C)nnc1SCC(=O)Nc1nc(-c2ccccc2)cs1. The van der Waals surface area contributed by atoms with Crippen LogP contribution in [0.15, 0.2) is 77.3 Å². The number of hydrogen-bond acceptors (Lipinski definition) is 7. The molecular weight excluding hydrogens is 490 g/mol. The van der Waals surface area contributed by atoms with E-state index in [4.69, 9.17) is 4.74 Å². The number of fused-ring (bicyclic) bond motifs is 1. The van der Waals surface area contributed by atoms with Gasteiger partial charge < -0.3 is 14.6 Å². The van der Waals surface area contributed by atoms with Crippen molar-refractivity contribution in [1.82, 2.24) is 19.7 Å². The molecule has 0 saturated carbocycles. The number of aromatic nitrogens is 4. The minimum absolute atomic E-state index is 0.135. The van der Waals surface area contributed by atoms with Crippen LogP contribution in [0, 0.1) is 6.92 Å². The van der Waals surface area contributed by atoms with E-state index in [1.165, 1.54) is 33.9 Å². The summed E-state index contributed by atoms with van der Waals surface area (Å²) in [6.07, 6.45) is 0. The molecule has 3 aromatic carbocycles. The Bertz CT molecular complexity index is 1500. The molecule has 5 rings (SSSR count). The molecule has 1 N–H and O–H groups in total. The second-order valence-electron chi connectivity index (χ2n) is 8.08. The van der Waals surface area contributed by atoms with Gasteiger partial charge in [0, 0.05) is 17.5 Å². The Morgan fingerprint density at radius 1 is 1.06 bits per heavy atom. The number of nitrogens with zero attached hydrogens (tertiary/aromatic N) is 4. The van der Waals surface area contributed by atoms with E-state index in [-0.39, 0.29) is 11.7 Å². The topological polar surface area (TPSA) is 81.9 Å². The Morgan fingerprint density at radius 3 is 2.69 bits per heavy atom. The molecule has 0 aliphatic rings. The molecule has 0 radical (unpaired) electrons. The fraction of sp³-hybridized carbons (Fsp3) is 0.185. The summed E-state index contributed by atoms with van der Waals surface area (Å²) in [7, 11) is 0. The van der Waals surface area contributed by atoms with E-state index in [0.717, 1.165) is 28.4 Å². The molecule has 2 aromatic heterocycles. The van der Waals surface area contributed by atoms with Crippen molar-refractivity contribution in [3.8, 4) is 17.0 Å². The first kappa shape index (κ1) is 24.0. The fourth-order valence-corrected chi connectivity index (χ4v) is 5.47. The van der Waals surface area contributed by atoms with Crippen molar-refractivity contribution in [2.24, 2.45) is 0 Å². The van der Waals surface area contributed by atoms with Gasteiger partial charge in [-0.25, -0.2) is 4.98 Å². The van der Waals surface area contributed by atoms with Crippen molar-refractivity contribution in [3.05, 3.63) is 83.5 Å². The monoisotopic (exact) mass is 515 g/mol. The first-order chi connectivity index (χ1) is 17.6. The molecule has 0 spiro atoms. The lowest BCUT2D eigenvalue weighted by Crippen LogP contribution is -2.14. The van der Waals surface area contributed by atoms with Crippen molar-refractivity contribution >= 4 is 44.9 Å². The van der Waals surface area contributed by atoms with Crippen molar-refractivity contribution in [1.29, 1.82) is 0 Å². The maximum absolute atomic E-state index is 12.5. The van der Waals surface area contributed by atoms with E-state index < -0.39 is 0 Å². The minimum Gasteiger partial charge on any atom is -0.485 e. The fourth-order valence-electron chi connectivity index (χ4n) is 3.91. The maximum atomic E-state index is 12.5. The number of thiazole rings is 1. The number of anilines is 1. The van der Waals surface area contributed by atoms with Crippen LogP contribution >= 0.6 is 23.1 Å². The zero-order valence-corrected chi connectivity index (χ0v) is 21.6. The molecule has 0 aliphatic heterocycles. The zero-order chi connectivity index (χ0) is 24.9. The molecule has 0 unspecified atom stereocenters. The number of hydrogen-bond donors (Lipinski definition) is 1. The van der Waals surface area contributed by atoms with E-state index in [1.54, 1.807) is 0 Å². The van der Waals surface area contributed by atoms with E-state index in [2.05, 4.69) is 45.6 Å². The predicted octanol–water partition coefficient (Wildman–Crippen LogP) is 6.19. The van der Waals surface area contributed by atoms with E-state index in [9.17, 15) is 4.79 Å². The van der Waals surface area contributed by atoms with Gasteiger partial charge in [-0.1, -0.05) is 72.4 Å². The van der Waals surface area contributed by atoms with Crippen LogP contribution in [-0.4, -0.2) is 31.4 Å². The number of aryl methyl sites for hydroxylation is 1. The highest BCUT2D eigenvalue weighted by Crippen LogP contribution is 2.28. The molecular formula is C27H25N5O2S2. The number of benzene rings is 3. The molecule has 5 aromatic rings. The van der Waals surface area contributed by atoms with Crippen LogP contribution in [0.4, 0.5) is 5.13 Å². The molecule has 1 amide bonds. The van der Waals surface area contributed by atoms with Crippen LogP contribution in [0.25, 0.3) is 22.0 Å². The molecule has 0 fully saturated rings. The van der Waals surface area contributed by atoms with Crippen LogP contribution in [0.1, 0.15) is 18.3 Å². The number of carbonyl (C=O) groups excluding carboxylic acids is 1. The Morgan fingerprint density at radius 2 is 1.86 bits per heavy atom. The van der Waals surface area contributed by atoms with Crippen LogP contribution < -0.4 is 10.1 Å². The minimum atomic E-state index is -0.135. The Balaban J connectivity index is 1.19. The lowest BCUT2D eigenvalue weighted by atomic mass is 10.0. The number of nitrogens with one attached hydrogen (secondary N) is 1. The number of ether oxygens (including phenoxy) is 1. The van der Waals surface area contributed by atoms with Gasteiger partial charge in [-0.05, 0) is 36.2 Å². The average Bonchev–Trinajstić information content (AvgIpc) is 3.54. The summed E-state index contributed by atoms with van der Waals surface area (Å²) in [6, 6.07) is 22.2. The lowest BCUT2D eigenvalue weighted by Gasteiger charge is -2.12. The molecule has 0 bridgehead atoms. The first-order valence-electron chi connectivity index (χ1n) is 11.6. The molecule has 7 nitrogen and oxygen atoms in total. The molecule has 2 heterocycles. The van der Waals surface area contributed by atoms with Crippen LogP contribution in [0.5, 0.6) is 5.75 Å². The molecule has 182 valence electrons. The van der Waals surface area contributed by atoms with E-state index in [0.29, 0.717) is 23.4 Å². The van der Waals surface area contributed by atoms with Gasteiger partial charge in [0.2, 0.25) is 5.91 Å². The highest BCUT2D eigenvalue weighted by atomic mass is 32.2. The lowest BCUT2D eigenvalue weighted by molar-refractivity contribution is -0.113. The van der Waals surface area contributed by atoms with Crippen molar-refractivity contribution in [2.45, 2.75) is 32.2 Å². The summed E-state index contributed by atoms with van der Waals surface area (Å²) in [6.45, 7) is 5.07. The molecule has 36 heavy (non-hydrogen) atoms. The van der Waals surface area contributed by atoms with E-state index >= 15 is 0 Å². The van der Waals surface area contributed by atoms with E-state index in [1.807, 2.05) is 65.4 Å². The Hall–Kier alpha value is -3.69. The van der Waals surface area contributed by atoms with Crippen LogP contribution in [0.2, 0.25) is 0 Å². The third-order valence-corrected chi connectivity index (χ3v) is 7.49. The van der Waals surface area contributed by atoms with Gasteiger partial charge >= 0.3 is 0 Å². The largest absolute Gasteiger partial charge is 0.485 e. The average molecular weight is 516 g/mol. The summed E-state index contributed by atoms with van der Waals surface area (Å²) in [4.78, 5) is 17.1. The highest BCUT2D eigenvalue weighted by Gasteiger charge is 2.15. The van der Waals surface area contributed by atoms with Crippen LogP contribution in [0.3, 0.4) is 0 Å². The van der Waals surface area contributed by atoms with Gasteiger partial charge in [0.25, 0.3) is 0 Å². The van der Waals surface area contributed by atoms with Crippen molar-refractivity contribution in [2.75, 3.05) is 11.1 Å². The van der Waals surface area contributed by atoms with Crippen LogP contribution in [-0.2, 0) is 17.9 Å². The number of thioether (sulfide) groups is 1. The third-order valence-electron chi connectivity index (χ3n) is 5.77. The van der Waals surface area contributed by atoms with Gasteiger partial charge in [-0.3, -0.25) is 4.79 Å². The van der Waals surface area contributed by atoms with Gasteiger partial charge in [0.15, 0.2) is 16.1 Å². The standard InChI is InChI=1S/C27H25N5O2S2/c1-3-32-24(15-34-23-14-13-19-9-7-8-12-21(19)18(23)2)30-31-27(32)36-17-25(33)29-26-28-22(16-35-26)20-10-5-4-6-11-20/h4-14,16H,3,15,17H2,1-2H3,(H,28,29,33). The number of carbonyl (C=O) groups is 1. The predicted molar refractivity (Wildman–Crippen MR) is 146 cm³/mol. The molecule has 0 aliphatic carbocycles. The smallest absolute Gasteiger partial charge is 0.236 e. The van der Waals surface area contributed by atoms with Gasteiger partial charge in [-0.15, -0.1) is 21.5 Å². The van der Waals surface area contributed by atoms with Gasteiger partial charge in [-0.2, -0.15) is 0 Å². The Labute approximate surface area is 217 Å². The first-order valence-corrected chi connectivity index (χ1v) is 13.5. The van der Waals surface area contributed by atoms with Gasteiger partial charge in [0.05, 0.1) is 11.4 Å². The highest BCUT2D eigenvalue weighted by molar-refractivity contribution is 7.99.